The van der Waals surface area contributed by atoms with E-state index in [-0.39, 0.29) is 6.10 Å². The molecular weight excluding hydrogens is 415 g/mol. The smallest absolute Gasteiger partial charge is 0.327 e. The summed E-state index contributed by atoms with van der Waals surface area (Å²) in [7, 11) is -2.33. The number of benzene rings is 1. The van der Waals surface area contributed by atoms with Gasteiger partial charge < -0.3 is 14.3 Å². The Morgan fingerprint density at radius 1 is 0.656 bits per heavy atom. The molecule has 0 aliphatic carbocycles. The van der Waals surface area contributed by atoms with Crippen LogP contribution in [0.3, 0.4) is 0 Å². The van der Waals surface area contributed by atoms with Gasteiger partial charge in [-0.1, -0.05) is 141 Å². The Labute approximate surface area is 200 Å². The van der Waals surface area contributed by atoms with Crippen LogP contribution in [0.1, 0.15) is 147 Å². The van der Waals surface area contributed by atoms with Gasteiger partial charge in [0.15, 0.2) is 0 Å². The van der Waals surface area contributed by atoms with Crippen molar-refractivity contribution in [2.45, 2.75) is 142 Å². The van der Waals surface area contributed by atoms with Gasteiger partial charge in [0, 0.05) is 0 Å². The highest BCUT2D eigenvalue weighted by atomic mass is 31.2. The van der Waals surface area contributed by atoms with Crippen LogP contribution >= 0.6 is 8.60 Å². The molecule has 1 aromatic rings. The van der Waals surface area contributed by atoms with E-state index in [0.717, 1.165) is 37.7 Å². The molecule has 2 N–H and O–H groups in total. The summed E-state index contributed by atoms with van der Waals surface area (Å²) >= 11 is 0. The molecule has 0 bridgehead atoms. The van der Waals surface area contributed by atoms with E-state index < -0.39 is 8.60 Å². The van der Waals surface area contributed by atoms with Gasteiger partial charge in [0.05, 0.1) is 6.10 Å². The van der Waals surface area contributed by atoms with Crippen molar-refractivity contribution in [2.75, 3.05) is 0 Å². The fourth-order valence-corrected chi connectivity index (χ4v) is 4.97. The van der Waals surface area contributed by atoms with E-state index in [0.29, 0.717) is 0 Å². The summed E-state index contributed by atoms with van der Waals surface area (Å²) < 4.78 is 5.55. The maximum Gasteiger partial charge on any atom is 0.327 e. The molecule has 3 nitrogen and oxygen atoms in total. The molecule has 1 unspecified atom stereocenters. The molecule has 0 aliphatic heterocycles. The summed E-state index contributed by atoms with van der Waals surface area (Å²) in [6.07, 6.45) is 24.3. The molecule has 4 heteroatoms. The van der Waals surface area contributed by atoms with Crippen LogP contribution < -0.4 is 0 Å². The van der Waals surface area contributed by atoms with E-state index in [1.807, 2.05) is 6.07 Å². The number of hydrogen-bond acceptors (Lipinski definition) is 3. The molecule has 0 aromatic heterocycles. The third-order valence-electron chi connectivity index (χ3n) is 6.49. The number of aryl methyl sites for hydroxylation is 1. The zero-order valence-electron chi connectivity index (χ0n) is 21.1. The molecule has 186 valence electrons. The van der Waals surface area contributed by atoms with Crippen LogP contribution in [-0.4, -0.2) is 9.79 Å². The predicted octanol–water partition coefficient (Wildman–Crippen LogP) is 9.56. The monoisotopic (exact) mass is 466 g/mol. The standard InChI is InChI=1S/C28H51O3P/c1-3-5-7-8-9-10-11-12-13-14-15-16-17-18-19-25-28(31-32(29)30)27-24-21-20-23-26(27)22-6-4-2/h20-21,23-24,28-30H,3-19,22,25H2,1-2H3. The van der Waals surface area contributed by atoms with Crippen molar-refractivity contribution in [1.29, 1.82) is 0 Å². The van der Waals surface area contributed by atoms with Crippen molar-refractivity contribution in [3.05, 3.63) is 35.4 Å². The third-order valence-corrected chi connectivity index (χ3v) is 6.94. The molecule has 32 heavy (non-hydrogen) atoms. The Morgan fingerprint density at radius 2 is 1.12 bits per heavy atom. The topological polar surface area (TPSA) is 49.7 Å². The molecule has 0 saturated carbocycles. The van der Waals surface area contributed by atoms with E-state index >= 15 is 0 Å². The first-order chi connectivity index (χ1) is 15.7. The minimum atomic E-state index is -2.33. The SMILES string of the molecule is CCCCCCCCCCCCCCCCCC(OP(O)O)c1ccccc1CCCC. The van der Waals surface area contributed by atoms with Crippen LogP contribution in [0.15, 0.2) is 24.3 Å². The average Bonchev–Trinajstić information content (AvgIpc) is 2.79. The summed E-state index contributed by atoms with van der Waals surface area (Å²) in [5.41, 5.74) is 2.43. The fraction of sp³-hybridized carbons (Fsp3) is 0.786. The van der Waals surface area contributed by atoms with Crippen LogP contribution in [0.5, 0.6) is 0 Å². The molecule has 1 aromatic carbocycles. The maximum absolute atomic E-state index is 9.47. The van der Waals surface area contributed by atoms with Gasteiger partial charge >= 0.3 is 8.60 Å². The first-order valence-electron chi connectivity index (χ1n) is 13.6. The normalized spacial score (nSPS) is 12.5. The Kier molecular flexibility index (Phi) is 19.5. The minimum absolute atomic E-state index is 0.203. The van der Waals surface area contributed by atoms with Gasteiger partial charge in [-0.3, -0.25) is 0 Å². The van der Waals surface area contributed by atoms with E-state index in [2.05, 4.69) is 32.0 Å². The van der Waals surface area contributed by atoms with Gasteiger partial charge in [0.2, 0.25) is 0 Å². The van der Waals surface area contributed by atoms with Gasteiger partial charge in [0.1, 0.15) is 0 Å². The molecule has 1 atom stereocenters. The van der Waals surface area contributed by atoms with Crippen molar-refractivity contribution in [3.8, 4) is 0 Å². The second kappa shape index (κ2) is 21.1. The number of unbranched alkanes of at least 4 members (excludes halogenated alkanes) is 15. The predicted molar refractivity (Wildman–Crippen MR) is 140 cm³/mol. The second-order valence-electron chi connectivity index (χ2n) is 9.39. The van der Waals surface area contributed by atoms with Gasteiger partial charge in [-0.25, -0.2) is 0 Å². The fourth-order valence-electron chi connectivity index (χ4n) is 4.52. The molecule has 0 saturated heterocycles. The van der Waals surface area contributed by atoms with E-state index in [4.69, 9.17) is 4.52 Å². The summed E-state index contributed by atoms with van der Waals surface area (Å²) in [5.74, 6) is 0. The highest BCUT2D eigenvalue weighted by molar-refractivity contribution is 7.39. The van der Waals surface area contributed by atoms with Crippen molar-refractivity contribution >= 4 is 8.60 Å². The lowest BCUT2D eigenvalue weighted by molar-refractivity contribution is 0.160. The lowest BCUT2D eigenvalue weighted by Gasteiger charge is -2.21. The Hall–Kier alpha value is -0.470. The minimum Gasteiger partial charge on any atom is -0.328 e. The maximum atomic E-state index is 9.47. The van der Waals surface area contributed by atoms with Crippen LogP contribution in [0.4, 0.5) is 0 Å². The van der Waals surface area contributed by atoms with E-state index in [1.165, 1.54) is 95.5 Å². The summed E-state index contributed by atoms with van der Waals surface area (Å²) in [5, 5.41) is 0. The average molecular weight is 467 g/mol. The Balaban J connectivity index is 2.14. The molecule has 1 rings (SSSR count). The largest absolute Gasteiger partial charge is 0.328 e. The highest BCUT2D eigenvalue weighted by Crippen LogP contribution is 2.38. The van der Waals surface area contributed by atoms with Crippen molar-refractivity contribution in [2.24, 2.45) is 0 Å². The first kappa shape index (κ1) is 29.6. The zero-order valence-corrected chi connectivity index (χ0v) is 22.0. The summed E-state index contributed by atoms with van der Waals surface area (Å²) in [6.45, 7) is 4.48. The molecule has 0 aliphatic rings. The summed E-state index contributed by atoms with van der Waals surface area (Å²) in [6, 6.07) is 8.36. The number of rotatable bonds is 22. The van der Waals surface area contributed by atoms with Gasteiger partial charge in [-0.15, -0.1) is 0 Å². The van der Waals surface area contributed by atoms with Crippen LogP contribution in [0.25, 0.3) is 0 Å². The molecule has 0 radical (unpaired) electrons. The van der Waals surface area contributed by atoms with Gasteiger partial charge in [-0.2, -0.15) is 0 Å². The quantitative estimate of drug-likeness (QED) is 0.132. The van der Waals surface area contributed by atoms with Gasteiger partial charge in [0.25, 0.3) is 0 Å². The Morgan fingerprint density at radius 3 is 1.62 bits per heavy atom. The van der Waals surface area contributed by atoms with Crippen molar-refractivity contribution < 1.29 is 14.3 Å². The highest BCUT2D eigenvalue weighted by Gasteiger charge is 2.19. The van der Waals surface area contributed by atoms with Crippen molar-refractivity contribution in [3.63, 3.8) is 0 Å². The second-order valence-corrected chi connectivity index (χ2v) is 10.1. The first-order valence-corrected chi connectivity index (χ1v) is 14.8. The van der Waals surface area contributed by atoms with E-state index in [1.54, 1.807) is 0 Å². The van der Waals surface area contributed by atoms with Crippen LogP contribution in [0, 0.1) is 0 Å². The van der Waals surface area contributed by atoms with Crippen LogP contribution in [0.2, 0.25) is 0 Å². The summed E-state index contributed by atoms with van der Waals surface area (Å²) in [4.78, 5) is 18.9. The lowest BCUT2D eigenvalue weighted by atomic mass is 9.95. The van der Waals surface area contributed by atoms with E-state index in [9.17, 15) is 9.79 Å². The number of hydrogen-bond donors (Lipinski definition) is 2. The van der Waals surface area contributed by atoms with Crippen molar-refractivity contribution in [1.82, 2.24) is 0 Å². The van der Waals surface area contributed by atoms with Crippen LogP contribution in [-0.2, 0) is 10.9 Å². The molecular formula is C28H51O3P. The third kappa shape index (κ3) is 15.4. The molecule has 0 spiro atoms. The molecule has 0 heterocycles. The lowest BCUT2D eigenvalue weighted by Crippen LogP contribution is -2.06. The molecule has 0 amide bonds. The Bertz CT molecular complexity index is 535. The molecule has 0 fully saturated rings. The van der Waals surface area contributed by atoms with Gasteiger partial charge in [-0.05, 0) is 30.4 Å². The zero-order chi connectivity index (χ0) is 23.3.